The number of Topliss-reactive ketones (excluding diaryl/α,β-unsaturated/α-hetero) is 2. The van der Waals surface area contributed by atoms with Crippen LogP contribution >= 0.6 is 0 Å². The molecule has 0 heterocycles. The van der Waals surface area contributed by atoms with E-state index >= 15 is 0 Å². The highest BCUT2D eigenvalue weighted by molar-refractivity contribution is 5.90. The van der Waals surface area contributed by atoms with Crippen molar-refractivity contribution in [1.82, 2.24) is 10.6 Å². The average Bonchev–Trinajstić information content (AvgIpc) is 2.79. The van der Waals surface area contributed by atoms with Gasteiger partial charge in [-0.2, -0.15) is 0 Å². The van der Waals surface area contributed by atoms with Gasteiger partial charge in [-0.3, -0.25) is 19.2 Å². The summed E-state index contributed by atoms with van der Waals surface area (Å²) >= 11 is 0. The third-order valence-electron chi connectivity index (χ3n) is 4.27. The minimum absolute atomic E-state index is 0.0143. The molecule has 0 aliphatic heterocycles. The van der Waals surface area contributed by atoms with Gasteiger partial charge in [-0.05, 0) is 19.4 Å². The summed E-state index contributed by atoms with van der Waals surface area (Å²) in [6.45, 7) is 6.96. The van der Waals surface area contributed by atoms with Gasteiger partial charge in [0.2, 0.25) is 11.8 Å². The van der Waals surface area contributed by atoms with Crippen LogP contribution in [0.2, 0.25) is 0 Å². The summed E-state index contributed by atoms with van der Waals surface area (Å²) in [6, 6.07) is 0. The van der Waals surface area contributed by atoms with Crippen molar-refractivity contribution in [3.63, 3.8) is 0 Å². The first-order valence-corrected chi connectivity index (χ1v) is 11.5. The number of ketones is 2. The lowest BCUT2D eigenvalue weighted by atomic mass is 10.0. The SMILES string of the molecule is CC(C)C(=O)CCC(=O)CNC(=O)COCC(=O)NCCCOCCOCCOCCCN. The van der Waals surface area contributed by atoms with Gasteiger partial charge >= 0.3 is 0 Å². The summed E-state index contributed by atoms with van der Waals surface area (Å²) < 4.78 is 21.1. The van der Waals surface area contributed by atoms with Crippen LogP contribution in [0.25, 0.3) is 0 Å². The molecule has 0 spiro atoms. The molecule has 0 radical (unpaired) electrons. The molecule has 4 N–H and O–H groups in total. The largest absolute Gasteiger partial charge is 0.379 e. The van der Waals surface area contributed by atoms with Crippen molar-refractivity contribution in [3.05, 3.63) is 0 Å². The van der Waals surface area contributed by atoms with Crippen LogP contribution in [0.3, 0.4) is 0 Å². The molecule has 11 heteroatoms. The van der Waals surface area contributed by atoms with E-state index in [2.05, 4.69) is 10.6 Å². The lowest BCUT2D eigenvalue weighted by Gasteiger charge is -2.08. The molecular formula is C22H41N3O8. The fourth-order valence-electron chi connectivity index (χ4n) is 2.30. The molecule has 2 amide bonds. The summed E-state index contributed by atoms with van der Waals surface area (Å²) in [5.74, 6) is -1.16. The zero-order chi connectivity index (χ0) is 24.7. The Kier molecular flexibility index (Phi) is 20.6. The molecule has 0 saturated heterocycles. The Labute approximate surface area is 196 Å². The minimum Gasteiger partial charge on any atom is -0.379 e. The highest BCUT2D eigenvalue weighted by Gasteiger charge is 2.11. The van der Waals surface area contributed by atoms with E-state index in [9.17, 15) is 19.2 Å². The summed E-state index contributed by atoms with van der Waals surface area (Å²) in [7, 11) is 0. The molecule has 33 heavy (non-hydrogen) atoms. The summed E-state index contributed by atoms with van der Waals surface area (Å²) in [5.41, 5.74) is 5.36. The summed E-state index contributed by atoms with van der Waals surface area (Å²) in [4.78, 5) is 46.4. The zero-order valence-electron chi connectivity index (χ0n) is 20.0. The van der Waals surface area contributed by atoms with Crippen molar-refractivity contribution in [2.75, 3.05) is 72.5 Å². The molecular weight excluding hydrogens is 434 g/mol. The fourth-order valence-corrected chi connectivity index (χ4v) is 2.30. The highest BCUT2D eigenvalue weighted by Crippen LogP contribution is 2.01. The zero-order valence-corrected chi connectivity index (χ0v) is 20.0. The average molecular weight is 476 g/mol. The maximum atomic E-state index is 11.7. The molecule has 0 aromatic carbocycles. The number of ether oxygens (including phenoxy) is 4. The van der Waals surface area contributed by atoms with E-state index in [-0.39, 0.29) is 56.0 Å². The van der Waals surface area contributed by atoms with Crippen LogP contribution in [0.1, 0.15) is 39.5 Å². The van der Waals surface area contributed by atoms with E-state index in [4.69, 9.17) is 24.7 Å². The van der Waals surface area contributed by atoms with Crippen molar-refractivity contribution in [1.29, 1.82) is 0 Å². The Bertz CT molecular complexity index is 558. The molecule has 0 atom stereocenters. The highest BCUT2D eigenvalue weighted by atomic mass is 16.5. The quantitative estimate of drug-likeness (QED) is 0.167. The summed E-state index contributed by atoms with van der Waals surface area (Å²) in [6.07, 6.45) is 1.75. The molecule has 0 aliphatic carbocycles. The third kappa shape index (κ3) is 21.7. The molecule has 0 bridgehead atoms. The maximum Gasteiger partial charge on any atom is 0.246 e. The van der Waals surface area contributed by atoms with Gasteiger partial charge in [-0.25, -0.2) is 0 Å². The van der Waals surface area contributed by atoms with E-state index in [1.165, 1.54) is 0 Å². The number of hydrogen-bond donors (Lipinski definition) is 3. The van der Waals surface area contributed by atoms with E-state index in [1.807, 2.05) is 0 Å². The lowest BCUT2D eigenvalue weighted by Crippen LogP contribution is -2.35. The van der Waals surface area contributed by atoms with Gasteiger partial charge in [0.25, 0.3) is 0 Å². The molecule has 0 saturated carbocycles. The van der Waals surface area contributed by atoms with Crippen LogP contribution in [0.4, 0.5) is 0 Å². The van der Waals surface area contributed by atoms with Gasteiger partial charge in [0, 0.05) is 38.5 Å². The first kappa shape index (κ1) is 31.1. The Morgan fingerprint density at radius 3 is 1.85 bits per heavy atom. The predicted molar refractivity (Wildman–Crippen MR) is 122 cm³/mol. The number of nitrogens with two attached hydrogens (primary N) is 1. The van der Waals surface area contributed by atoms with Gasteiger partial charge < -0.3 is 35.3 Å². The van der Waals surface area contributed by atoms with Gasteiger partial charge in [0.1, 0.15) is 19.0 Å². The monoisotopic (exact) mass is 475 g/mol. The van der Waals surface area contributed by atoms with Crippen molar-refractivity contribution < 1.29 is 38.1 Å². The Morgan fingerprint density at radius 1 is 0.727 bits per heavy atom. The number of nitrogens with one attached hydrogen (secondary N) is 2. The second kappa shape index (κ2) is 21.9. The molecule has 0 aliphatic rings. The van der Waals surface area contributed by atoms with Crippen LogP contribution in [0.15, 0.2) is 0 Å². The van der Waals surface area contributed by atoms with Crippen LogP contribution < -0.4 is 16.4 Å². The fraction of sp³-hybridized carbons (Fsp3) is 0.818. The molecule has 0 aromatic heterocycles. The second-order valence-corrected chi connectivity index (χ2v) is 7.61. The first-order valence-electron chi connectivity index (χ1n) is 11.5. The van der Waals surface area contributed by atoms with Crippen molar-refractivity contribution >= 4 is 23.4 Å². The Balaban J connectivity index is 3.47. The van der Waals surface area contributed by atoms with Crippen molar-refractivity contribution in [2.45, 2.75) is 39.5 Å². The van der Waals surface area contributed by atoms with Crippen molar-refractivity contribution in [2.24, 2.45) is 11.7 Å². The Hall–Kier alpha value is -1.92. The molecule has 192 valence electrons. The topological polar surface area (TPSA) is 155 Å². The van der Waals surface area contributed by atoms with Crippen LogP contribution in [0.5, 0.6) is 0 Å². The predicted octanol–water partition coefficient (Wildman–Crippen LogP) is -0.401. The second-order valence-electron chi connectivity index (χ2n) is 7.61. The number of rotatable bonds is 23. The van der Waals surface area contributed by atoms with Gasteiger partial charge in [0.05, 0.1) is 33.0 Å². The van der Waals surface area contributed by atoms with E-state index in [0.29, 0.717) is 59.2 Å². The van der Waals surface area contributed by atoms with E-state index in [0.717, 1.165) is 6.42 Å². The molecule has 0 fully saturated rings. The van der Waals surface area contributed by atoms with Crippen LogP contribution in [0, 0.1) is 5.92 Å². The van der Waals surface area contributed by atoms with Gasteiger partial charge in [-0.1, -0.05) is 13.8 Å². The van der Waals surface area contributed by atoms with Gasteiger partial charge in [0.15, 0.2) is 5.78 Å². The van der Waals surface area contributed by atoms with Crippen LogP contribution in [-0.2, 0) is 38.1 Å². The van der Waals surface area contributed by atoms with E-state index < -0.39 is 5.91 Å². The summed E-state index contributed by atoms with van der Waals surface area (Å²) in [5, 5.41) is 5.07. The van der Waals surface area contributed by atoms with Gasteiger partial charge in [-0.15, -0.1) is 0 Å². The number of amides is 2. The lowest BCUT2D eigenvalue weighted by molar-refractivity contribution is -0.132. The smallest absolute Gasteiger partial charge is 0.246 e. The molecule has 0 aromatic rings. The molecule has 11 nitrogen and oxygen atoms in total. The normalized spacial score (nSPS) is 10.9. The molecule has 0 unspecified atom stereocenters. The first-order chi connectivity index (χ1) is 15.9. The number of hydrogen-bond acceptors (Lipinski definition) is 9. The Morgan fingerprint density at radius 2 is 1.27 bits per heavy atom. The maximum absolute atomic E-state index is 11.7. The number of carbonyl (C=O) groups excluding carboxylic acids is 4. The third-order valence-corrected chi connectivity index (χ3v) is 4.27. The minimum atomic E-state index is -0.496. The van der Waals surface area contributed by atoms with Crippen LogP contribution in [-0.4, -0.2) is 95.9 Å². The molecule has 0 rings (SSSR count). The number of carbonyl (C=O) groups is 4. The van der Waals surface area contributed by atoms with Crippen molar-refractivity contribution in [3.8, 4) is 0 Å². The van der Waals surface area contributed by atoms with E-state index in [1.54, 1.807) is 13.8 Å². The standard InChI is InChI=1S/C22H41N3O8/c1-18(2)20(27)6-5-19(26)15-25-22(29)17-33-16-21(28)24-8-4-10-31-12-14-32-13-11-30-9-3-7-23/h18H,3-17,23H2,1-2H3,(H,24,28)(H,25,29).